The average molecular weight is 390 g/mol. The summed E-state index contributed by atoms with van der Waals surface area (Å²) in [6, 6.07) is 0. The Morgan fingerprint density at radius 2 is 1.75 bits per heavy atom. The van der Waals surface area contributed by atoms with Crippen LogP contribution < -0.4 is 0 Å². The molecule has 0 saturated heterocycles. The predicted octanol–water partition coefficient (Wildman–Crippen LogP) is -0.589. The van der Waals surface area contributed by atoms with Crippen LogP contribution in [0.3, 0.4) is 0 Å². The number of hydrogen-bond donors (Lipinski definition) is 0. The van der Waals surface area contributed by atoms with Crippen LogP contribution in [0.1, 0.15) is 6.42 Å². The number of amides is 2. The van der Waals surface area contributed by atoms with Gasteiger partial charge in [0.05, 0.1) is 0 Å². The smallest absolute Gasteiger partial charge is 0.253 e. The summed E-state index contributed by atoms with van der Waals surface area (Å²) in [6.45, 7) is 0.133. The van der Waals surface area contributed by atoms with E-state index >= 15 is 0 Å². The van der Waals surface area contributed by atoms with E-state index in [0.29, 0.717) is 0 Å². The van der Waals surface area contributed by atoms with Crippen molar-refractivity contribution in [1.82, 2.24) is 4.90 Å². The molecule has 12 heavy (non-hydrogen) atoms. The summed E-state index contributed by atoms with van der Waals surface area (Å²) < 4.78 is 0. The van der Waals surface area contributed by atoms with E-state index in [9.17, 15) is 14.4 Å². The maximum atomic E-state index is 10.8. The Morgan fingerprint density at radius 1 is 1.25 bits per heavy atom. The molecule has 0 N–H and O–H groups in total. The fourth-order valence-corrected chi connectivity index (χ4v) is 0.809. The molecular formula is C7H6NO3U-. The molecule has 5 heteroatoms. The van der Waals surface area contributed by atoms with E-state index in [2.05, 4.69) is 0 Å². The molecule has 0 spiro atoms. The van der Waals surface area contributed by atoms with E-state index in [1.54, 1.807) is 6.29 Å². The molecule has 0 aromatic heterocycles. The van der Waals surface area contributed by atoms with E-state index in [0.717, 1.165) is 4.90 Å². The Kier molecular flexibility index (Phi) is 5.11. The van der Waals surface area contributed by atoms with E-state index in [4.69, 9.17) is 0 Å². The minimum Gasteiger partial charge on any atom is -0.542 e. The first kappa shape index (κ1) is 11.6. The molecule has 0 aromatic carbocycles. The molecule has 0 fully saturated rings. The molecule has 1 rings (SSSR count). The summed E-state index contributed by atoms with van der Waals surface area (Å²) in [5.74, 6) is -0.712. The quantitative estimate of drug-likeness (QED) is 0.479. The van der Waals surface area contributed by atoms with Gasteiger partial charge in [0.1, 0.15) is 0 Å². The zero-order valence-corrected chi connectivity index (χ0v) is 10.4. The molecular weight excluding hydrogens is 384 g/mol. The molecule has 1 aliphatic rings. The molecule has 0 unspecified atom stereocenters. The molecule has 0 aliphatic carbocycles. The fourth-order valence-electron chi connectivity index (χ4n) is 0.809. The van der Waals surface area contributed by atoms with E-state index in [1.165, 1.54) is 12.2 Å². The second-order valence-electron chi connectivity index (χ2n) is 2.06. The topological polar surface area (TPSA) is 54.5 Å². The molecule has 0 bridgehead atoms. The van der Waals surface area contributed by atoms with Crippen LogP contribution in [0.25, 0.3) is 0 Å². The monoisotopic (exact) mass is 390 g/mol. The fraction of sp³-hybridized carbons (Fsp3) is 0.286. The van der Waals surface area contributed by atoms with E-state index in [-0.39, 0.29) is 55.9 Å². The van der Waals surface area contributed by atoms with Gasteiger partial charge in [-0.15, -0.1) is 6.42 Å². The van der Waals surface area contributed by atoms with Gasteiger partial charge in [0.15, 0.2) is 0 Å². The number of carbonyl (C=O) groups is 2. The molecule has 0 aromatic rings. The van der Waals surface area contributed by atoms with Crippen molar-refractivity contribution in [2.45, 2.75) is 6.42 Å². The van der Waals surface area contributed by atoms with Crippen molar-refractivity contribution in [1.29, 1.82) is 0 Å². The molecule has 2 amide bonds. The molecule has 0 saturated carbocycles. The van der Waals surface area contributed by atoms with Crippen molar-refractivity contribution in [3.05, 3.63) is 12.2 Å². The summed E-state index contributed by atoms with van der Waals surface area (Å²) >= 11 is 0. The Morgan fingerprint density at radius 3 is 2.17 bits per heavy atom. The first-order valence-corrected chi connectivity index (χ1v) is 3.14. The third kappa shape index (κ3) is 2.58. The maximum absolute atomic E-state index is 10.8. The van der Waals surface area contributed by atoms with Crippen LogP contribution in [-0.2, 0) is 14.4 Å². The Labute approximate surface area is 93.4 Å². The normalized spacial score (nSPS) is 14.8. The SMILES string of the molecule is O=[C-]CCN1C(=O)C=CC1=O.[U]. The van der Waals surface area contributed by atoms with Gasteiger partial charge >= 0.3 is 0 Å². The van der Waals surface area contributed by atoms with Gasteiger partial charge < -0.3 is 4.79 Å². The summed E-state index contributed by atoms with van der Waals surface area (Å²) in [5.41, 5.74) is 0. The molecule has 0 radical (unpaired) electrons. The van der Waals surface area contributed by atoms with Gasteiger partial charge in [-0.3, -0.25) is 20.8 Å². The third-order valence-corrected chi connectivity index (χ3v) is 1.34. The summed E-state index contributed by atoms with van der Waals surface area (Å²) in [7, 11) is 0. The van der Waals surface area contributed by atoms with Crippen LogP contribution in [0.4, 0.5) is 0 Å². The predicted molar refractivity (Wildman–Crippen MR) is 36.2 cm³/mol. The number of rotatable bonds is 3. The van der Waals surface area contributed by atoms with Gasteiger partial charge in [-0.05, 0) is 0 Å². The Hall–Kier alpha value is -0.398. The molecule has 62 valence electrons. The molecule has 1 aliphatic heterocycles. The van der Waals surface area contributed by atoms with Crippen molar-refractivity contribution in [3.63, 3.8) is 0 Å². The van der Waals surface area contributed by atoms with Crippen molar-refractivity contribution in [2.75, 3.05) is 6.54 Å². The van der Waals surface area contributed by atoms with Gasteiger partial charge in [-0.1, -0.05) is 0 Å². The molecule has 4 nitrogen and oxygen atoms in total. The summed E-state index contributed by atoms with van der Waals surface area (Å²) in [4.78, 5) is 32.3. The first-order chi connectivity index (χ1) is 5.25. The number of imide groups is 1. The van der Waals surface area contributed by atoms with Crippen molar-refractivity contribution >= 4 is 18.1 Å². The van der Waals surface area contributed by atoms with Gasteiger partial charge in [0.25, 0.3) is 11.8 Å². The maximum Gasteiger partial charge on any atom is 0.253 e. The number of carbonyl (C=O) groups excluding carboxylic acids is 3. The minimum atomic E-state index is -0.356. The minimum absolute atomic E-state index is 0. The standard InChI is InChI=1S/C7H6NO3.U/c9-5-1-4-8-6(10)2-3-7(8)11;/h2-3H,1,4H2;/q-1;. The van der Waals surface area contributed by atoms with Crippen LogP contribution in [0.5, 0.6) is 0 Å². The number of nitrogens with zero attached hydrogens (tertiary/aromatic N) is 1. The van der Waals surface area contributed by atoms with E-state index in [1.807, 2.05) is 0 Å². The zero-order chi connectivity index (χ0) is 8.27. The Balaban J connectivity index is 0.00000121. The Bertz CT molecular complexity index is 219. The second-order valence-corrected chi connectivity index (χ2v) is 2.06. The van der Waals surface area contributed by atoms with Gasteiger partial charge in [0.2, 0.25) is 0 Å². The van der Waals surface area contributed by atoms with Gasteiger partial charge in [0, 0.05) is 49.8 Å². The third-order valence-electron chi connectivity index (χ3n) is 1.34. The number of hydrogen-bond acceptors (Lipinski definition) is 3. The van der Waals surface area contributed by atoms with Crippen LogP contribution in [0.2, 0.25) is 0 Å². The van der Waals surface area contributed by atoms with Crippen LogP contribution in [0.15, 0.2) is 12.2 Å². The van der Waals surface area contributed by atoms with Crippen molar-refractivity contribution < 1.29 is 45.5 Å². The first-order valence-electron chi connectivity index (χ1n) is 3.14. The largest absolute Gasteiger partial charge is 0.542 e. The van der Waals surface area contributed by atoms with Gasteiger partial charge in [-0.2, -0.15) is 0 Å². The van der Waals surface area contributed by atoms with Crippen LogP contribution >= 0.6 is 0 Å². The average Bonchev–Trinajstić information content (AvgIpc) is 2.29. The molecule has 1 heterocycles. The second kappa shape index (κ2) is 5.28. The molecule has 0 atom stereocenters. The van der Waals surface area contributed by atoms with Gasteiger partial charge in [-0.25, -0.2) is 0 Å². The summed E-state index contributed by atoms with van der Waals surface area (Å²) in [5, 5.41) is 0. The van der Waals surface area contributed by atoms with Crippen molar-refractivity contribution in [2.24, 2.45) is 0 Å². The van der Waals surface area contributed by atoms with Crippen LogP contribution in [-0.4, -0.2) is 29.5 Å². The van der Waals surface area contributed by atoms with Crippen molar-refractivity contribution in [3.8, 4) is 0 Å². The zero-order valence-electron chi connectivity index (χ0n) is 6.24. The van der Waals surface area contributed by atoms with E-state index < -0.39 is 0 Å². The van der Waals surface area contributed by atoms with Crippen LogP contribution in [0, 0.1) is 31.1 Å². The summed E-state index contributed by atoms with van der Waals surface area (Å²) in [6.07, 6.45) is 4.07.